The number of hydrogen-bond acceptors (Lipinski definition) is 4. The van der Waals surface area contributed by atoms with Crippen LogP contribution in [0.1, 0.15) is 24.2 Å². The zero-order chi connectivity index (χ0) is 13.7. The fourth-order valence-corrected chi connectivity index (χ4v) is 1.33. The number of nitro benzene ring substituents is 1. The Bertz CT molecular complexity index is 430. The molecule has 0 aliphatic carbocycles. The van der Waals surface area contributed by atoms with E-state index in [0.29, 0.717) is 5.56 Å². The average Bonchev–Trinajstić information content (AvgIpc) is 2.37. The van der Waals surface area contributed by atoms with E-state index < -0.39 is 4.92 Å². The minimum Gasteiger partial charge on any atom is -0.396 e. The number of aliphatic hydroxyl groups excluding tert-OH is 1. The summed E-state index contributed by atoms with van der Waals surface area (Å²) in [6.07, 6.45) is 0. The van der Waals surface area contributed by atoms with Gasteiger partial charge >= 0.3 is 0 Å². The van der Waals surface area contributed by atoms with E-state index in [-0.39, 0.29) is 30.2 Å². The molecule has 1 rings (SSSR count). The predicted molar refractivity (Wildman–Crippen MR) is 66.3 cm³/mol. The van der Waals surface area contributed by atoms with Crippen molar-refractivity contribution in [3.8, 4) is 0 Å². The third kappa shape index (κ3) is 3.53. The first kappa shape index (κ1) is 14.1. The number of carbonyl (C=O) groups excluding carboxylic acids is 1. The Labute approximate surface area is 105 Å². The molecular formula is C12H16N2O4. The lowest BCUT2D eigenvalue weighted by Crippen LogP contribution is -2.38. The summed E-state index contributed by atoms with van der Waals surface area (Å²) in [7, 11) is 0. The van der Waals surface area contributed by atoms with Crippen molar-refractivity contribution in [3.63, 3.8) is 0 Å². The molecule has 0 aromatic heterocycles. The van der Waals surface area contributed by atoms with Gasteiger partial charge in [-0.3, -0.25) is 14.9 Å². The fourth-order valence-electron chi connectivity index (χ4n) is 1.33. The van der Waals surface area contributed by atoms with Gasteiger partial charge in [-0.2, -0.15) is 0 Å². The van der Waals surface area contributed by atoms with Crippen LogP contribution in [0.3, 0.4) is 0 Å². The molecule has 0 fully saturated rings. The van der Waals surface area contributed by atoms with Crippen LogP contribution in [-0.2, 0) is 0 Å². The molecular weight excluding hydrogens is 236 g/mol. The Balaban J connectivity index is 2.70. The maximum Gasteiger partial charge on any atom is 0.269 e. The second-order valence-electron chi connectivity index (χ2n) is 4.23. The number of benzene rings is 1. The Morgan fingerprint density at radius 2 is 1.94 bits per heavy atom. The Hall–Kier alpha value is -1.95. The summed E-state index contributed by atoms with van der Waals surface area (Å²) in [6.45, 7) is 3.60. The summed E-state index contributed by atoms with van der Waals surface area (Å²) in [5, 5.41) is 22.2. The van der Waals surface area contributed by atoms with Crippen molar-refractivity contribution < 1.29 is 14.8 Å². The van der Waals surface area contributed by atoms with Gasteiger partial charge in [0, 0.05) is 30.3 Å². The van der Waals surface area contributed by atoms with Crippen molar-refractivity contribution in [3.05, 3.63) is 39.9 Å². The van der Waals surface area contributed by atoms with Crippen molar-refractivity contribution in [2.45, 2.75) is 19.9 Å². The third-order valence-electron chi connectivity index (χ3n) is 2.84. The lowest BCUT2D eigenvalue weighted by molar-refractivity contribution is -0.384. The summed E-state index contributed by atoms with van der Waals surface area (Å²) >= 11 is 0. The Kier molecular flexibility index (Phi) is 4.79. The third-order valence-corrected chi connectivity index (χ3v) is 2.84. The highest BCUT2D eigenvalue weighted by Crippen LogP contribution is 2.12. The van der Waals surface area contributed by atoms with Crippen LogP contribution < -0.4 is 5.32 Å². The molecule has 2 atom stereocenters. The average molecular weight is 252 g/mol. The molecule has 1 amide bonds. The van der Waals surface area contributed by atoms with E-state index >= 15 is 0 Å². The van der Waals surface area contributed by atoms with Crippen LogP contribution in [0.5, 0.6) is 0 Å². The summed E-state index contributed by atoms with van der Waals surface area (Å²) < 4.78 is 0. The molecule has 0 saturated carbocycles. The van der Waals surface area contributed by atoms with Gasteiger partial charge in [0.05, 0.1) is 4.92 Å². The zero-order valence-corrected chi connectivity index (χ0v) is 10.3. The van der Waals surface area contributed by atoms with Crippen LogP contribution in [0.25, 0.3) is 0 Å². The summed E-state index contributed by atoms with van der Waals surface area (Å²) in [4.78, 5) is 21.7. The number of rotatable bonds is 5. The number of nitrogens with zero attached hydrogens (tertiary/aromatic N) is 1. The molecule has 0 aliphatic heterocycles. The molecule has 1 aromatic rings. The molecule has 18 heavy (non-hydrogen) atoms. The van der Waals surface area contributed by atoms with Crippen molar-refractivity contribution in [2.75, 3.05) is 6.61 Å². The van der Waals surface area contributed by atoms with Crippen LogP contribution in [0.15, 0.2) is 24.3 Å². The monoisotopic (exact) mass is 252 g/mol. The van der Waals surface area contributed by atoms with Gasteiger partial charge in [-0.25, -0.2) is 0 Å². The van der Waals surface area contributed by atoms with Crippen molar-refractivity contribution in [1.82, 2.24) is 5.32 Å². The van der Waals surface area contributed by atoms with E-state index in [1.165, 1.54) is 24.3 Å². The molecule has 0 heterocycles. The summed E-state index contributed by atoms with van der Waals surface area (Å²) in [5.41, 5.74) is 0.306. The number of hydrogen-bond donors (Lipinski definition) is 2. The predicted octanol–water partition coefficient (Wildman–Crippen LogP) is 1.34. The van der Waals surface area contributed by atoms with Crippen LogP contribution in [0.2, 0.25) is 0 Å². The molecule has 2 unspecified atom stereocenters. The van der Waals surface area contributed by atoms with Crippen molar-refractivity contribution in [2.24, 2.45) is 5.92 Å². The van der Waals surface area contributed by atoms with Crippen LogP contribution in [-0.4, -0.2) is 28.6 Å². The van der Waals surface area contributed by atoms with Gasteiger partial charge in [0.1, 0.15) is 0 Å². The standard InChI is InChI=1S/C12H16N2O4/c1-8(7-15)9(2)13-12(16)10-3-5-11(6-4-10)14(17)18/h3-6,8-9,15H,7H2,1-2H3,(H,13,16). The van der Waals surface area contributed by atoms with Gasteiger partial charge in [0.2, 0.25) is 0 Å². The molecule has 2 N–H and O–H groups in total. The second kappa shape index (κ2) is 6.11. The lowest BCUT2D eigenvalue weighted by atomic mass is 10.0. The molecule has 0 bridgehead atoms. The van der Waals surface area contributed by atoms with E-state index in [4.69, 9.17) is 5.11 Å². The summed E-state index contributed by atoms with van der Waals surface area (Å²) in [5.74, 6) is -0.357. The normalized spacial score (nSPS) is 13.7. The molecule has 6 heteroatoms. The van der Waals surface area contributed by atoms with E-state index in [2.05, 4.69) is 5.32 Å². The van der Waals surface area contributed by atoms with Gasteiger partial charge < -0.3 is 10.4 Å². The van der Waals surface area contributed by atoms with Gasteiger partial charge in [-0.05, 0) is 25.0 Å². The van der Waals surface area contributed by atoms with E-state index in [1.807, 2.05) is 6.92 Å². The molecule has 6 nitrogen and oxygen atoms in total. The Morgan fingerprint density at radius 1 is 1.39 bits per heavy atom. The first-order valence-corrected chi connectivity index (χ1v) is 5.62. The topological polar surface area (TPSA) is 92.5 Å². The number of carbonyl (C=O) groups is 1. The number of nitrogens with one attached hydrogen (secondary N) is 1. The van der Waals surface area contributed by atoms with Crippen LogP contribution >= 0.6 is 0 Å². The zero-order valence-electron chi connectivity index (χ0n) is 10.3. The largest absolute Gasteiger partial charge is 0.396 e. The van der Waals surface area contributed by atoms with Gasteiger partial charge in [-0.1, -0.05) is 6.92 Å². The molecule has 0 aliphatic rings. The Morgan fingerprint density at radius 3 is 2.39 bits per heavy atom. The minimum atomic E-state index is -0.516. The van der Waals surface area contributed by atoms with E-state index in [0.717, 1.165) is 0 Å². The maximum atomic E-state index is 11.8. The number of aliphatic hydroxyl groups is 1. The molecule has 98 valence electrons. The van der Waals surface area contributed by atoms with E-state index in [9.17, 15) is 14.9 Å². The number of non-ortho nitro benzene ring substituents is 1. The summed E-state index contributed by atoms with van der Waals surface area (Å²) in [6, 6.07) is 5.22. The van der Waals surface area contributed by atoms with Gasteiger partial charge in [-0.15, -0.1) is 0 Å². The van der Waals surface area contributed by atoms with Crippen molar-refractivity contribution in [1.29, 1.82) is 0 Å². The molecule has 1 aromatic carbocycles. The van der Waals surface area contributed by atoms with E-state index in [1.54, 1.807) is 6.92 Å². The number of nitro groups is 1. The quantitative estimate of drug-likeness (QED) is 0.611. The highest BCUT2D eigenvalue weighted by atomic mass is 16.6. The van der Waals surface area contributed by atoms with Crippen LogP contribution in [0.4, 0.5) is 5.69 Å². The molecule has 0 radical (unpaired) electrons. The van der Waals surface area contributed by atoms with Crippen LogP contribution in [0, 0.1) is 16.0 Å². The van der Waals surface area contributed by atoms with Gasteiger partial charge in [0.15, 0.2) is 0 Å². The maximum absolute atomic E-state index is 11.8. The second-order valence-corrected chi connectivity index (χ2v) is 4.23. The van der Waals surface area contributed by atoms with Crippen molar-refractivity contribution >= 4 is 11.6 Å². The molecule has 0 saturated heterocycles. The van der Waals surface area contributed by atoms with Gasteiger partial charge in [0.25, 0.3) is 11.6 Å². The fraction of sp³-hybridized carbons (Fsp3) is 0.417. The first-order valence-electron chi connectivity index (χ1n) is 5.62. The SMILES string of the molecule is CC(CO)C(C)NC(=O)c1ccc([N+](=O)[O-])cc1. The first-order chi connectivity index (χ1) is 8.45. The lowest BCUT2D eigenvalue weighted by Gasteiger charge is -2.19. The smallest absolute Gasteiger partial charge is 0.269 e. The molecule has 0 spiro atoms. The number of amides is 1. The highest BCUT2D eigenvalue weighted by Gasteiger charge is 2.15. The highest BCUT2D eigenvalue weighted by molar-refractivity contribution is 5.94. The minimum absolute atomic E-state index is 0.0122.